The maximum absolute atomic E-state index is 12.3. The molecular formula is C18H13Cl3N6O. The third-order valence-electron chi connectivity index (χ3n) is 4.17. The quantitative estimate of drug-likeness (QED) is 0.514. The highest BCUT2D eigenvalue weighted by molar-refractivity contribution is 6.41. The molecule has 0 fully saturated rings. The maximum Gasteiger partial charge on any atom is 0.291 e. The molecule has 142 valence electrons. The van der Waals surface area contributed by atoms with Gasteiger partial charge in [0.25, 0.3) is 5.56 Å². The van der Waals surface area contributed by atoms with Crippen LogP contribution in [0.25, 0.3) is 11.3 Å². The molecule has 3 heterocycles. The number of fused-ring (bicyclic) bond motifs is 1. The van der Waals surface area contributed by atoms with Crippen LogP contribution >= 0.6 is 34.8 Å². The van der Waals surface area contributed by atoms with Crippen molar-refractivity contribution in [2.45, 2.75) is 13.0 Å². The Hall–Kier alpha value is -2.61. The highest BCUT2D eigenvalue weighted by Crippen LogP contribution is 2.28. The molecular weight excluding hydrogens is 423 g/mol. The molecule has 0 amide bonds. The normalized spacial score (nSPS) is 12.3. The first-order valence-corrected chi connectivity index (χ1v) is 9.38. The Bertz CT molecular complexity index is 1240. The van der Waals surface area contributed by atoms with E-state index in [4.69, 9.17) is 34.8 Å². The van der Waals surface area contributed by atoms with Gasteiger partial charge in [0.1, 0.15) is 5.02 Å². The van der Waals surface area contributed by atoms with Crippen LogP contribution in [0.4, 0.5) is 5.69 Å². The molecule has 1 N–H and O–H groups in total. The Labute approximate surface area is 174 Å². The third kappa shape index (κ3) is 3.32. The van der Waals surface area contributed by atoms with Crippen molar-refractivity contribution in [3.05, 3.63) is 80.0 Å². The second kappa shape index (κ2) is 7.43. The second-order valence-corrected chi connectivity index (χ2v) is 7.23. The average molecular weight is 436 g/mol. The van der Waals surface area contributed by atoms with Crippen LogP contribution in [-0.2, 0) is 0 Å². The van der Waals surface area contributed by atoms with Crippen LogP contribution in [0, 0.1) is 0 Å². The highest BCUT2D eigenvalue weighted by atomic mass is 35.5. The summed E-state index contributed by atoms with van der Waals surface area (Å²) in [6.07, 6.45) is 3.21. The van der Waals surface area contributed by atoms with E-state index in [0.29, 0.717) is 16.4 Å². The zero-order valence-corrected chi connectivity index (χ0v) is 16.7. The van der Waals surface area contributed by atoms with E-state index in [2.05, 4.69) is 20.6 Å². The topological polar surface area (TPSA) is 77.1 Å². The number of hydrogen-bond acceptors (Lipinski definition) is 5. The number of nitrogens with zero attached hydrogens (tertiary/aromatic N) is 5. The zero-order chi connectivity index (χ0) is 19.8. The number of anilines is 1. The van der Waals surface area contributed by atoms with Gasteiger partial charge in [-0.05, 0) is 37.3 Å². The molecule has 3 aromatic heterocycles. The van der Waals surface area contributed by atoms with Crippen LogP contribution in [0.2, 0.25) is 15.1 Å². The molecule has 0 saturated heterocycles. The fourth-order valence-corrected chi connectivity index (χ4v) is 3.29. The summed E-state index contributed by atoms with van der Waals surface area (Å²) in [6.45, 7) is 1.96. The van der Waals surface area contributed by atoms with E-state index in [9.17, 15) is 4.79 Å². The van der Waals surface area contributed by atoms with Gasteiger partial charge in [-0.25, -0.2) is 0 Å². The molecule has 0 saturated carbocycles. The summed E-state index contributed by atoms with van der Waals surface area (Å²) in [6, 6.07) is 10.6. The van der Waals surface area contributed by atoms with Gasteiger partial charge in [0.05, 0.1) is 33.7 Å². The lowest BCUT2D eigenvalue weighted by molar-refractivity contribution is 0.772. The van der Waals surface area contributed by atoms with Gasteiger partial charge < -0.3 is 5.32 Å². The van der Waals surface area contributed by atoms with Crippen LogP contribution in [0.1, 0.15) is 18.8 Å². The van der Waals surface area contributed by atoms with Crippen LogP contribution in [0.5, 0.6) is 0 Å². The number of pyridine rings is 1. The van der Waals surface area contributed by atoms with Crippen LogP contribution in [0.15, 0.2) is 53.6 Å². The maximum atomic E-state index is 12.3. The van der Waals surface area contributed by atoms with E-state index < -0.39 is 5.56 Å². The first kappa shape index (κ1) is 18.7. The number of hydrogen-bond donors (Lipinski definition) is 1. The lowest BCUT2D eigenvalue weighted by Gasteiger charge is -2.16. The van der Waals surface area contributed by atoms with Crippen molar-refractivity contribution in [3.8, 4) is 5.69 Å². The van der Waals surface area contributed by atoms with E-state index in [1.54, 1.807) is 18.2 Å². The molecule has 0 spiro atoms. The lowest BCUT2D eigenvalue weighted by atomic mass is 10.2. The molecule has 4 rings (SSSR count). The predicted molar refractivity (Wildman–Crippen MR) is 110 cm³/mol. The monoisotopic (exact) mass is 434 g/mol. The number of rotatable bonds is 4. The van der Waals surface area contributed by atoms with Gasteiger partial charge in [-0.15, -0.1) is 10.2 Å². The van der Waals surface area contributed by atoms with Gasteiger partial charge in [-0.2, -0.15) is 9.78 Å². The van der Waals surface area contributed by atoms with Crippen molar-refractivity contribution in [1.82, 2.24) is 24.4 Å². The Balaban J connectivity index is 1.64. The van der Waals surface area contributed by atoms with Gasteiger partial charge in [0, 0.05) is 6.20 Å². The van der Waals surface area contributed by atoms with Crippen molar-refractivity contribution in [2.24, 2.45) is 0 Å². The summed E-state index contributed by atoms with van der Waals surface area (Å²) in [5, 5.41) is 16.1. The van der Waals surface area contributed by atoms with E-state index in [0.717, 1.165) is 16.2 Å². The highest BCUT2D eigenvalue weighted by Gasteiger charge is 2.15. The molecule has 28 heavy (non-hydrogen) atoms. The minimum Gasteiger partial charge on any atom is -0.374 e. The zero-order valence-electron chi connectivity index (χ0n) is 14.5. The Morgan fingerprint density at radius 3 is 2.68 bits per heavy atom. The first-order chi connectivity index (χ1) is 13.5. The Morgan fingerprint density at radius 1 is 1.07 bits per heavy atom. The molecule has 10 heteroatoms. The van der Waals surface area contributed by atoms with Gasteiger partial charge in [0.15, 0.2) is 11.5 Å². The number of aromatic nitrogens is 5. The molecule has 0 aliphatic rings. The number of nitrogens with one attached hydrogen (secondary N) is 1. The Kier molecular flexibility index (Phi) is 4.97. The first-order valence-electron chi connectivity index (χ1n) is 8.25. The summed E-state index contributed by atoms with van der Waals surface area (Å²) >= 11 is 18.2. The van der Waals surface area contributed by atoms with Crippen molar-refractivity contribution >= 4 is 46.1 Å². The molecule has 4 aromatic rings. The SMILES string of the molecule is CC(Nc1ccc(-n2ncc(Cl)c(Cl)c2=O)cc1Cl)c1nnc2ccccn12. The van der Waals surface area contributed by atoms with Crippen LogP contribution in [-0.4, -0.2) is 24.4 Å². The van der Waals surface area contributed by atoms with Gasteiger partial charge in [-0.3, -0.25) is 9.20 Å². The second-order valence-electron chi connectivity index (χ2n) is 6.04. The fourth-order valence-electron chi connectivity index (χ4n) is 2.80. The van der Waals surface area contributed by atoms with Crippen LogP contribution in [0.3, 0.4) is 0 Å². The molecule has 1 aromatic carbocycles. The van der Waals surface area contributed by atoms with Crippen molar-refractivity contribution in [1.29, 1.82) is 0 Å². The molecule has 1 atom stereocenters. The van der Waals surface area contributed by atoms with E-state index in [1.165, 1.54) is 6.20 Å². The minimum absolute atomic E-state index is 0.0951. The Morgan fingerprint density at radius 2 is 1.89 bits per heavy atom. The van der Waals surface area contributed by atoms with Gasteiger partial charge >= 0.3 is 0 Å². The lowest BCUT2D eigenvalue weighted by Crippen LogP contribution is -2.21. The van der Waals surface area contributed by atoms with E-state index in [1.807, 2.05) is 35.7 Å². The summed E-state index contributed by atoms with van der Waals surface area (Å²) in [7, 11) is 0. The van der Waals surface area contributed by atoms with Crippen molar-refractivity contribution in [2.75, 3.05) is 5.32 Å². The number of halogens is 3. The van der Waals surface area contributed by atoms with Gasteiger partial charge in [0.2, 0.25) is 0 Å². The molecule has 1 unspecified atom stereocenters. The largest absolute Gasteiger partial charge is 0.374 e. The molecule has 0 aliphatic carbocycles. The summed E-state index contributed by atoms with van der Waals surface area (Å²) in [5.74, 6) is 0.748. The molecule has 7 nitrogen and oxygen atoms in total. The van der Waals surface area contributed by atoms with Gasteiger partial charge in [-0.1, -0.05) is 40.9 Å². The molecule has 0 bridgehead atoms. The summed E-state index contributed by atoms with van der Waals surface area (Å²) in [5.41, 5.74) is 1.39. The fraction of sp³-hybridized carbons (Fsp3) is 0.111. The summed E-state index contributed by atoms with van der Waals surface area (Å²) < 4.78 is 3.04. The third-order valence-corrected chi connectivity index (χ3v) is 5.23. The van der Waals surface area contributed by atoms with E-state index in [-0.39, 0.29) is 16.1 Å². The smallest absolute Gasteiger partial charge is 0.291 e. The van der Waals surface area contributed by atoms with Crippen molar-refractivity contribution in [3.63, 3.8) is 0 Å². The average Bonchev–Trinajstić information content (AvgIpc) is 3.12. The summed E-state index contributed by atoms with van der Waals surface area (Å²) in [4.78, 5) is 12.3. The number of benzene rings is 1. The van der Waals surface area contributed by atoms with Crippen molar-refractivity contribution < 1.29 is 0 Å². The minimum atomic E-state index is -0.519. The predicted octanol–water partition coefficient (Wildman–Crippen LogP) is 4.41. The van der Waals surface area contributed by atoms with E-state index >= 15 is 0 Å². The van der Waals surface area contributed by atoms with Crippen LogP contribution < -0.4 is 10.9 Å². The molecule has 0 aliphatic heterocycles. The molecule has 0 radical (unpaired) electrons. The standard InChI is InChI=1S/C18H13Cl3N6O/c1-10(17-25-24-15-4-2-3-7-26(15)17)23-14-6-5-11(8-12(14)19)27-18(28)16(21)13(20)9-22-27/h2-10,23H,1H3.